The lowest BCUT2D eigenvalue weighted by Gasteiger charge is -2.12. The third-order valence-electron chi connectivity index (χ3n) is 3.84. The molecule has 0 fully saturated rings. The number of hydrogen-bond donors (Lipinski definition) is 1. The van der Waals surface area contributed by atoms with Crippen LogP contribution in [0.2, 0.25) is 0 Å². The van der Waals surface area contributed by atoms with Gasteiger partial charge in [-0.2, -0.15) is 11.3 Å². The van der Waals surface area contributed by atoms with Gasteiger partial charge in [-0.1, -0.05) is 24.3 Å². The molecule has 0 bridgehead atoms. The Labute approximate surface area is 150 Å². The van der Waals surface area contributed by atoms with Crippen molar-refractivity contribution >= 4 is 28.6 Å². The van der Waals surface area contributed by atoms with E-state index in [0.29, 0.717) is 0 Å². The fourth-order valence-electron chi connectivity index (χ4n) is 2.57. The second-order valence-corrected chi connectivity index (χ2v) is 7.53. The highest BCUT2D eigenvalue weighted by Crippen LogP contribution is 2.30. The quantitative estimate of drug-likeness (QED) is 0.675. The number of thiophene rings is 1. The third-order valence-corrected chi connectivity index (χ3v) is 5.41. The van der Waals surface area contributed by atoms with Gasteiger partial charge in [-0.05, 0) is 36.8 Å². The molecule has 124 valence electrons. The summed E-state index contributed by atoms with van der Waals surface area (Å²) in [5.74, 6) is 0.0304. The van der Waals surface area contributed by atoms with Crippen LogP contribution in [0.3, 0.4) is 0 Å². The van der Waals surface area contributed by atoms with Crippen LogP contribution in [0.5, 0.6) is 0 Å². The van der Waals surface area contributed by atoms with Gasteiger partial charge < -0.3 is 5.32 Å². The Kier molecular flexibility index (Phi) is 5.43. The topological polar surface area (TPSA) is 42.0 Å². The highest BCUT2D eigenvalue weighted by molar-refractivity contribution is 7.14. The summed E-state index contributed by atoms with van der Waals surface area (Å²) < 4.78 is 0. The van der Waals surface area contributed by atoms with Gasteiger partial charge in [0.2, 0.25) is 5.91 Å². The van der Waals surface area contributed by atoms with Crippen molar-refractivity contribution in [3.63, 3.8) is 0 Å². The van der Waals surface area contributed by atoms with Crippen molar-refractivity contribution in [3.05, 3.63) is 52.0 Å². The average molecular weight is 357 g/mol. The molecule has 3 aromatic rings. The van der Waals surface area contributed by atoms with Crippen LogP contribution in [-0.2, 0) is 11.2 Å². The second-order valence-electron chi connectivity index (χ2n) is 5.89. The molecule has 0 spiro atoms. The molecule has 0 aliphatic heterocycles. The highest BCUT2D eigenvalue weighted by Gasteiger charge is 2.08. The van der Waals surface area contributed by atoms with Crippen LogP contribution >= 0.6 is 22.7 Å². The third kappa shape index (κ3) is 4.30. The van der Waals surface area contributed by atoms with Gasteiger partial charge in [-0.25, -0.2) is 4.98 Å². The number of carbonyl (C=O) groups is 1. The fourth-order valence-corrected chi connectivity index (χ4v) is 4.11. The Bertz CT molecular complexity index is 791. The molecule has 0 aliphatic carbocycles. The lowest BCUT2D eigenvalue weighted by molar-refractivity contribution is -0.119. The minimum absolute atomic E-state index is 0.0304. The summed E-state index contributed by atoms with van der Waals surface area (Å²) in [5, 5.41) is 10.3. The van der Waals surface area contributed by atoms with E-state index in [0.717, 1.165) is 29.1 Å². The Hall–Kier alpha value is -1.98. The molecule has 24 heavy (non-hydrogen) atoms. The van der Waals surface area contributed by atoms with Crippen molar-refractivity contribution in [2.24, 2.45) is 0 Å². The first kappa shape index (κ1) is 16.9. The zero-order valence-corrected chi connectivity index (χ0v) is 15.4. The summed E-state index contributed by atoms with van der Waals surface area (Å²) in [4.78, 5) is 15.8. The minimum atomic E-state index is 0.0304. The van der Waals surface area contributed by atoms with Crippen molar-refractivity contribution in [3.8, 4) is 21.8 Å². The molecule has 0 aliphatic rings. The summed E-state index contributed by atoms with van der Waals surface area (Å²) in [5.41, 5.74) is 4.65. The molecular formula is C19H20N2OS2. The van der Waals surface area contributed by atoms with E-state index in [9.17, 15) is 4.79 Å². The summed E-state index contributed by atoms with van der Waals surface area (Å²) in [6.45, 7) is 3.60. The number of rotatable bonds is 6. The Balaban J connectivity index is 1.63. The van der Waals surface area contributed by atoms with E-state index < -0.39 is 0 Å². The van der Waals surface area contributed by atoms with E-state index in [-0.39, 0.29) is 11.9 Å². The number of thiazole rings is 1. The molecule has 0 saturated carbocycles. The van der Waals surface area contributed by atoms with E-state index in [1.165, 1.54) is 11.1 Å². The molecule has 3 nitrogen and oxygen atoms in total. The molecule has 1 N–H and O–H groups in total. The van der Waals surface area contributed by atoms with E-state index in [2.05, 4.69) is 51.8 Å². The Morgan fingerprint density at radius 3 is 2.62 bits per heavy atom. The van der Waals surface area contributed by atoms with Gasteiger partial charge in [-0.3, -0.25) is 4.79 Å². The largest absolute Gasteiger partial charge is 0.354 e. The molecule has 0 radical (unpaired) electrons. The van der Waals surface area contributed by atoms with Crippen LogP contribution in [0.15, 0.2) is 46.5 Å². The van der Waals surface area contributed by atoms with Gasteiger partial charge in [-0.15, -0.1) is 11.3 Å². The molecule has 0 unspecified atom stereocenters. The minimum Gasteiger partial charge on any atom is -0.354 e. The van der Waals surface area contributed by atoms with Crippen LogP contribution in [0.25, 0.3) is 21.8 Å². The molecule has 0 saturated heterocycles. The van der Waals surface area contributed by atoms with Gasteiger partial charge in [0.05, 0.1) is 5.69 Å². The van der Waals surface area contributed by atoms with Crippen molar-refractivity contribution in [2.45, 2.75) is 32.7 Å². The maximum Gasteiger partial charge on any atom is 0.217 e. The van der Waals surface area contributed by atoms with Gasteiger partial charge >= 0.3 is 0 Å². The van der Waals surface area contributed by atoms with Crippen molar-refractivity contribution in [1.29, 1.82) is 0 Å². The molecular weight excluding hydrogens is 336 g/mol. The summed E-state index contributed by atoms with van der Waals surface area (Å²) >= 11 is 3.37. The van der Waals surface area contributed by atoms with Crippen molar-refractivity contribution in [1.82, 2.24) is 10.3 Å². The lowest BCUT2D eigenvalue weighted by Crippen LogP contribution is -2.30. The van der Waals surface area contributed by atoms with E-state index in [1.54, 1.807) is 29.6 Å². The maximum atomic E-state index is 11.0. The molecule has 1 aromatic carbocycles. The standard InChI is InChI=1S/C19H20N2OS2/c1-13(20-14(2)22)3-4-15-5-7-16(8-6-15)18-12-24-19(21-18)17-9-10-23-11-17/h5-13H,3-4H2,1-2H3,(H,20,22)/t13-/m1/s1. The smallest absolute Gasteiger partial charge is 0.217 e. The number of aryl methyl sites for hydroxylation is 1. The SMILES string of the molecule is CC(=O)N[C@H](C)CCc1ccc(-c2csc(-c3ccsc3)n2)cc1. The van der Waals surface area contributed by atoms with Gasteiger partial charge in [0.1, 0.15) is 5.01 Å². The Morgan fingerprint density at radius 1 is 1.17 bits per heavy atom. The predicted molar refractivity (Wildman–Crippen MR) is 102 cm³/mol. The number of carbonyl (C=O) groups excluding carboxylic acids is 1. The molecule has 2 heterocycles. The number of benzene rings is 1. The zero-order valence-electron chi connectivity index (χ0n) is 13.8. The van der Waals surface area contributed by atoms with Crippen LogP contribution in [-0.4, -0.2) is 16.9 Å². The lowest BCUT2D eigenvalue weighted by atomic mass is 10.0. The Morgan fingerprint density at radius 2 is 1.96 bits per heavy atom. The number of hydrogen-bond acceptors (Lipinski definition) is 4. The summed E-state index contributed by atoms with van der Waals surface area (Å²) in [6.07, 6.45) is 1.90. The fraction of sp³-hybridized carbons (Fsp3) is 0.263. The van der Waals surface area contributed by atoms with Gasteiger partial charge in [0, 0.05) is 34.9 Å². The monoisotopic (exact) mass is 356 g/mol. The van der Waals surface area contributed by atoms with Crippen LogP contribution in [0.4, 0.5) is 0 Å². The van der Waals surface area contributed by atoms with Gasteiger partial charge in [0.25, 0.3) is 0 Å². The van der Waals surface area contributed by atoms with E-state index in [4.69, 9.17) is 4.98 Å². The van der Waals surface area contributed by atoms with Crippen LogP contribution < -0.4 is 5.32 Å². The van der Waals surface area contributed by atoms with Crippen LogP contribution in [0.1, 0.15) is 25.8 Å². The molecule has 1 amide bonds. The summed E-state index contributed by atoms with van der Waals surface area (Å²) in [6, 6.07) is 10.9. The predicted octanol–water partition coefficient (Wildman–Crippen LogP) is 5.00. The second kappa shape index (κ2) is 7.73. The first-order chi connectivity index (χ1) is 11.6. The average Bonchev–Trinajstić information content (AvgIpc) is 3.24. The van der Waals surface area contributed by atoms with E-state index in [1.807, 2.05) is 6.92 Å². The first-order valence-corrected chi connectivity index (χ1v) is 9.78. The first-order valence-electron chi connectivity index (χ1n) is 7.96. The summed E-state index contributed by atoms with van der Waals surface area (Å²) in [7, 11) is 0. The molecule has 3 rings (SSSR count). The number of nitrogens with zero attached hydrogens (tertiary/aromatic N) is 1. The zero-order chi connectivity index (χ0) is 16.9. The normalized spacial score (nSPS) is 12.1. The molecule has 1 atom stereocenters. The van der Waals surface area contributed by atoms with Gasteiger partial charge in [0.15, 0.2) is 0 Å². The van der Waals surface area contributed by atoms with Crippen molar-refractivity contribution < 1.29 is 4.79 Å². The van der Waals surface area contributed by atoms with E-state index >= 15 is 0 Å². The molecule has 2 aromatic heterocycles. The number of aromatic nitrogens is 1. The molecule has 5 heteroatoms. The maximum absolute atomic E-state index is 11.0. The highest BCUT2D eigenvalue weighted by atomic mass is 32.1. The van der Waals surface area contributed by atoms with Crippen LogP contribution in [0, 0.1) is 0 Å². The number of amides is 1. The van der Waals surface area contributed by atoms with Crippen molar-refractivity contribution in [2.75, 3.05) is 0 Å². The number of nitrogens with one attached hydrogen (secondary N) is 1.